The molecule has 1 aromatic rings. The third-order valence-corrected chi connectivity index (χ3v) is 2.13. The van der Waals surface area contributed by atoms with Crippen LogP contribution in [0, 0.1) is 11.7 Å². The minimum atomic E-state index is -0.708. The molecule has 4 nitrogen and oxygen atoms in total. The van der Waals surface area contributed by atoms with Crippen molar-refractivity contribution in [1.82, 2.24) is 0 Å². The molecule has 5 heteroatoms. The highest BCUT2D eigenvalue weighted by atomic mass is 19.1. The Bertz CT molecular complexity index is 407. The van der Waals surface area contributed by atoms with E-state index in [0.29, 0.717) is 19.1 Å². The van der Waals surface area contributed by atoms with E-state index >= 15 is 0 Å². The number of nitrogens with two attached hydrogens (primary N) is 1. The van der Waals surface area contributed by atoms with Crippen molar-refractivity contribution in [2.24, 2.45) is 5.92 Å². The van der Waals surface area contributed by atoms with Gasteiger partial charge in [0.05, 0.1) is 12.2 Å². The van der Waals surface area contributed by atoms with E-state index in [-0.39, 0.29) is 17.9 Å². The fourth-order valence-electron chi connectivity index (χ4n) is 1.29. The standard InChI is InChI=1S/C13H18FNO3/c1-9(2)8-17-5-6-18-13(16)11-4-3-10(15)7-12(11)14/h3-4,7,9H,5-6,8,15H2,1-2H3. The Labute approximate surface area is 106 Å². The summed E-state index contributed by atoms with van der Waals surface area (Å²) in [6, 6.07) is 3.85. The molecular weight excluding hydrogens is 237 g/mol. The Balaban J connectivity index is 2.36. The smallest absolute Gasteiger partial charge is 0.341 e. The van der Waals surface area contributed by atoms with Crippen LogP contribution in [0.4, 0.5) is 10.1 Å². The second kappa shape index (κ2) is 6.96. The first kappa shape index (κ1) is 14.4. The lowest BCUT2D eigenvalue weighted by atomic mass is 10.2. The Morgan fingerprint density at radius 1 is 1.39 bits per heavy atom. The molecule has 0 radical (unpaired) electrons. The summed E-state index contributed by atoms with van der Waals surface area (Å²) >= 11 is 0. The van der Waals surface area contributed by atoms with Crippen LogP contribution in [0.5, 0.6) is 0 Å². The van der Waals surface area contributed by atoms with E-state index in [2.05, 4.69) is 0 Å². The molecule has 0 spiro atoms. The molecule has 2 N–H and O–H groups in total. The number of halogens is 1. The van der Waals surface area contributed by atoms with E-state index in [4.69, 9.17) is 15.2 Å². The van der Waals surface area contributed by atoms with Gasteiger partial charge in [-0.1, -0.05) is 13.8 Å². The van der Waals surface area contributed by atoms with E-state index in [1.54, 1.807) is 0 Å². The highest BCUT2D eigenvalue weighted by molar-refractivity contribution is 5.90. The van der Waals surface area contributed by atoms with E-state index in [1.165, 1.54) is 12.1 Å². The van der Waals surface area contributed by atoms with Crippen molar-refractivity contribution in [2.75, 3.05) is 25.6 Å². The Morgan fingerprint density at radius 2 is 2.11 bits per heavy atom. The Morgan fingerprint density at radius 3 is 2.72 bits per heavy atom. The molecule has 0 aliphatic rings. The highest BCUT2D eigenvalue weighted by Crippen LogP contribution is 2.12. The van der Waals surface area contributed by atoms with E-state index in [9.17, 15) is 9.18 Å². The largest absolute Gasteiger partial charge is 0.460 e. The maximum atomic E-state index is 13.4. The topological polar surface area (TPSA) is 61.5 Å². The fraction of sp³-hybridized carbons (Fsp3) is 0.462. The second-order valence-corrected chi connectivity index (χ2v) is 4.34. The quantitative estimate of drug-likeness (QED) is 0.481. The van der Waals surface area contributed by atoms with Gasteiger partial charge in [-0.25, -0.2) is 9.18 Å². The fourth-order valence-corrected chi connectivity index (χ4v) is 1.29. The van der Waals surface area contributed by atoms with Crippen molar-refractivity contribution in [2.45, 2.75) is 13.8 Å². The van der Waals surface area contributed by atoms with Crippen LogP contribution >= 0.6 is 0 Å². The van der Waals surface area contributed by atoms with Gasteiger partial charge in [0.15, 0.2) is 0 Å². The summed E-state index contributed by atoms with van der Waals surface area (Å²) in [6.07, 6.45) is 0. The minimum Gasteiger partial charge on any atom is -0.460 e. The molecular formula is C13H18FNO3. The van der Waals surface area contributed by atoms with Crippen LogP contribution in [0.2, 0.25) is 0 Å². The average Bonchev–Trinajstić information content (AvgIpc) is 2.27. The normalized spacial score (nSPS) is 10.7. The van der Waals surface area contributed by atoms with Crippen molar-refractivity contribution in [3.05, 3.63) is 29.6 Å². The number of esters is 1. The lowest BCUT2D eigenvalue weighted by molar-refractivity contribution is 0.0273. The summed E-state index contributed by atoms with van der Waals surface area (Å²) in [4.78, 5) is 11.5. The number of hydrogen-bond donors (Lipinski definition) is 1. The van der Waals surface area contributed by atoms with Gasteiger partial charge in [-0.3, -0.25) is 0 Å². The molecule has 18 heavy (non-hydrogen) atoms. The molecule has 0 amide bonds. The van der Waals surface area contributed by atoms with Crippen LogP contribution in [0.1, 0.15) is 24.2 Å². The molecule has 0 saturated heterocycles. The summed E-state index contributed by atoms with van der Waals surface area (Å²) in [6.45, 7) is 5.06. The number of anilines is 1. The summed E-state index contributed by atoms with van der Waals surface area (Å²) < 4.78 is 23.5. The van der Waals surface area contributed by atoms with E-state index in [0.717, 1.165) is 6.07 Å². The third kappa shape index (κ3) is 4.71. The molecule has 0 saturated carbocycles. The molecule has 0 heterocycles. The predicted octanol–water partition coefficient (Wildman–Crippen LogP) is 2.24. The maximum absolute atomic E-state index is 13.4. The van der Waals surface area contributed by atoms with Gasteiger partial charge >= 0.3 is 5.97 Å². The zero-order valence-electron chi connectivity index (χ0n) is 10.6. The minimum absolute atomic E-state index is 0.107. The number of hydrogen-bond acceptors (Lipinski definition) is 4. The van der Waals surface area contributed by atoms with Gasteiger partial charge in [-0.2, -0.15) is 0 Å². The van der Waals surface area contributed by atoms with E-state index in [1.807, 2.05) is 13.8 Å². The summed E-state index contributed by atoms with van der Waals surface area (Å²) in [5, 5.41) is 0. The maximum Gasteiger partial charge on any atom is 0.341 e. The number of carbonyl (C=O) groups is 1. The van der Waals surface area contributed by atoms with Crippen LogP contribution in [0.15, 0.2) is 18.2 Å². The first-order chi connectivity index (χ1) is 8.50. The molecule has 0 atom stereocenters. The molecule has 0 aliphatic carbocycles. The van der Waals surface area contributed by atoms with Gasteiger partial charge in [0, 0.05) is 12.3 Å². The first-order valence-corrected chi connectivity index (χ1v) is 5.80. The average molecular weight is 255 g/mol. The number of carbonyl (C=O) groups excluding carboxylic acids is 1. The van der Waals surface area contributed by atoms with Gasteiger partial charge in [-0.05, 0) is 24.1 Å². The molecule has 0 aliphatic heterocycles. The van der Waals surface area contributed by atoms with Crippen LogP contribution in [0.3, 0.4) is 0 Å². The van der Waals surface area contributed by atoms with Crippen molar-refractivity contribution < 1.29 is 18.7 Å². The van der Waals surface area contributed by atoms with Crippen LogP contribution < -0.4 is 5.73 Å². The van der Waals surface area contributed by atoms with Crippen LogP contribution in [0.25, 0.3) is 0 Å². The van der Waals surface area contributed by atoms with Gasteiger partial charge in [0.2, 0.25) is 0 Å². The molecule has 0 fully saturated rings. The van der Waals surface area contributed by atoms with Crippen molar-refractivity contribution in [1.29, 1.82) is 0 Å². The first-order valence-electron chi connectivity index (χ1n) is 5.80. The van der Waals surface area contributed by atoms with Gasteiger partial charge < -0.3 is 15.2 Å². The lowest BCUT2D eigenvalue weighted by Crippen LogP contribution is -2.13. The number of nitrogen functional groups attached to an aromatic ring is 1. The molecule has 0 bridgehead atoms. The zero-order chi connectivity index (χ0) is 13.5. The monoisotopic (exact) mass is 255 g/mol. The van der Waals surface area contributed by atoms with Gasteiger partial charge in [0.1, 0.15) is 12.4 Å². The highest BCUT2D eigenvalue weighted by Gasteiger charge is 2.12. The Hall–Kier alpha value is -1.62. The van der Waals surface area contributed by atoms with Gasteiger partial charge in [-0.15, -0.1) is 0 Å². The SMILES string of the molecule is CC(C)COCCOC(=O)c1ccc(N)cc1F. The molecule has 1 rings (SSSR count). The number of rotatable bonds is 6. The molecule has 1 aromatic carbocycles. The number of ether oxygens (including phenoxy) is 2. The summed E-state index contributed by atoms with van der Waals surface area (Å²) in [5.41, 5.74) is 5.53. The van der Waals surface area contributed by atoms with Crippen LogP contribution in [-0.2, 0) is 9.47 Å². The second-order valence-electron chi connectivity index (χ2n) is 4.34. The third-order valence-electron chi connectivity index (χ3n) is 2.13. The summed E-state index contributed by atoms with van der Waals surface area (Å²) in [5.74, 6) is -0.959. The zero-order valence-corrected chi connectivity index (χ0v) is 10.6. The van der Waals surface area contributed by atoms with Crippen LogP contribution in [-0.4, -0.2) is 25.8 Å². The number of benzene rings is 1. The Kier molecular flexibility index (Phi) is 5.58. The van der Waals surface area contributed by atoms with Crippen molar-refractivity contribution in [3.63, 3.8) is 0 Å². The van der Waals surface area contributed by atoms with E-state index < -0.39 is 11.8 Å². The van der Waals surface area contributed by atoms with Crippen molar-refractivity contribution in [3.8, 4) is 0 Å². The van der Waals surface area contributed by atoms with Crippen molar-refractivity contribution >= 4 is 11.7 Å². The molecule has 100 valence electrons. The lowest BCUT2D eigenvalue weighted by Gasteiger charge is -2.08. The molecule has 0 aromatic heterocycles. The predicted molar refractivity (Wildman–Crippen MR) is 66.8 cm³/mol. The summed E-state index contributed by atoms with van der Waals surface area (Å²) in [7, 11) is 0. The van der Waals surface area contributed by atoms with Gasteiger partial charge in [0.25, 0.3) is 0 Å². The molecule has 0 unspecified atom stereocenters.